The van der Waals surface area contributed by atoms with Crippen molar-refractivity contribution in [2.45, 2.75) is 12.5 Å². The molecule has 0 fully saturated rings. The van der Waals surface area contributed by atoms with Gasteiger partial charge < -0.3 is 14.2 Å². The molecular formula is C19H16ClNO6. The summed E-state index contributed by atoms with van der Waals surface area (Å²) in [5.41, 5.74) is 0.992. The Morgan fingerprint density at radius 2 is 2.00 bits per heavy atom. The van der Waals surface area contributed by atoms with Crippen molar-refractivity contribution in [3.63, 3.8) is 0 Å². The fourth-order valence-corrected chi connectivity index (χ4v) is 2.84. The Balaban J connectivity index is 1.51. The number of fused-ring (bicyclic) bond motifs is 1. The molecule has 0 saturated heterocycles. The van der Waals surface area contributed by atoms with Crippen LogP contribution in [0.25, 0.3) is 0 Å². The third kappa shape index (κ3) is 4.38. The molecule has 0 aromatic heterocycles. The van der Waals surface area contributed by atoms with Gasteiger partial charge in [0.25, 0.3) is 11.8 Å². The molecule has 3 rings (SSSR count). The molecule has 7 nitrogen and oxygen atoms in total. The molecule has 140 valence electrons. The molecule has 1 N–H and O–H groups in total. The van der Waals surface area contributed by atoms with E-state index in [4.69, 9.17) is 25.8 Å². The molecule has 27 heavy (non-hydrogen) atoms. The van der Waals surface area contributed by atoms with Crippen molar-refractivity contribution in [2.24, 2.45) is 0 Å². The quantitative estimate of drug-likeness (QED) is 0.788. The number of carbonyl (C=O) groups excluding carboxylic acids is 3. The molecule has 0 saturated carbocycles. The zero-order valence-corrected chi connectivity index (χ0v) is 15.1. The second-order valence-corrected chi connectivity index (χ2v) is 6.18. The Morgan fingerprint density at radius 3 is 2.78 bits per heavy atom. The molecule has 0 radical (unpaired) electrons. The van der Waals surface area contributed by atoms with E-state index in [0.29, 0.717) is 22.9 Å². The number of imide groups is 1. The summed E-state index contributed by atoms with van der Waals surface area (Å²) in [6.45, 7) is -0.601. The van der Waals surface area contributed by atoms with Gasteiger partial charge in [0, 0.05) is 11.4 Å². The van der Waals surface area contributed by atoms with Crippen LogP contribution < -0.4 is 14.8 Å². The average molecular weight is 390 g/mol. The molecule has 2 aromatic rings. The highest BCUT2D eigenvalue weighted by Crippen LogP contribution is 2.31. The fourth-order valence-electron chi connectivity index (χ4n) is 2.64. The van der Waals surface area contributed by atoms with Crippen LogP contribution >= 0.6 is 11.6 Å². The molecule has 1 unspecified atom stereocenters. The van der Waals surface area contributed by atoms with Crippen molar-refractivity contribution in [3.8, 4) is 11.5 Å². The molecule has 8 heteroatoms. The van der Waals surface area contributed by atoms with Gasteiger partial charge in [-0.2, -0.15) is 0 Å². The van der Waals surface area contributed by atoms with Crippen LogP contribution in [0.3, 0.4) is 0 Å². The van der Waals surface area contributed by atoms with E-state index in [1.54, 1.807) is 36.4 Å². The highest BCUT2D eigenvalue weighted by Gasteiger charge is 2.31. The lowest BCUT2D eigenvalue weighted by Gasteiger charge is -2.11. The summed E-state index contributed by atoms with van der Waals surface area (Å²) in [6, 6.07) is 11.5. The first kappa shape index (κ1) is 18.7. The molecule has 0 spiro atoms. The van der Waals surface area contributed by atoms with E-state index < -0.39 is 30.5 Å². The predicted octanol–water partition coefficient (Wildman–Crippen LogP) is 2.15. The largest absolute Gasteiger partial charge is 0.496 e. The number of carbonyl (C=O) groups is 3. The number of halogens is 1. The second-order valence-electron chi connectivity index (χ2n) is 5.75. The van der Waals surface area contributed by atoms with E-state index in [0.717, 1.165) is 5.56 Å². The minimum Gasteiger partial charge on any atom is -0.496 e. The summed E-state index contributed by atoms with van der Waals surface area (Å²) in [7, 11) is 1.42. The Morgan fingerprint density at radius 1 is 1.22 bits per heavy atom. The topological polar surface area (TPSA) is 90.9 Å². The van der Waals surface area contributed by atoms with Gasteiger partial charge in [0.1, 0.15) is 11.5 Å². The van der Waals surface area contributed by atoms with Crippen LogP contribution in [0.4, 0.5) is 0 Å². The Kier molecular flexibility index (Phi) is 5.61. The van der Waals surface area contributed by atoms with E-state index in [9.17, 15) is 14.4 Å². The average Bonchev–Trinajstić information content (AvgIpc) is 3.09. The number of para-hydroxylation sites is 1. The Labute approximate surface area is 160 Å². The summed E-state index contributed by atoms with van der Waals surface area (Å²) in [6.07, 6.45) is -0.549. The van der Waals surface area contributed by atoms with Crippen molar-refractivity contribution >= 4 is 29.4 Å². The summed E-state index contributed by atoms with van der Waals surface area (Å²) >= 11 is 5.91. The van der Waals surface area contributed by atoms with Crippen molar-refractivity contribution < 1.29 is 28.6 Å². The normalized spacial score (nSPS) is 14.7. The number of methoxy groups -OCH3 is 1. The van der Waals surface area contributed by atoms with E-state index in [1.165, 1.54) is 13.2 Å². The monoisotopic (exact) mass is 389 g/mol. The zero-order chi connectivity index (χ0) is 19.4. The second kappa shape index (κ2) is 8.09. The van der Waals surface area contributed by atoms with Gasteiger partial charge in [-0.25, -0.2) is 4.79 Å². The van der Waals surface area contributed by atoms with E-state index in [2.05, 4.69) is 5.32 Å². The maximum Gasteiger partial charge on any atom is 0.348 e. The van der Waals surface area contributed by atoms with Crippen LogP contribution in [0.15, 0.2) is 42.5 Å². The van der Waals surface area contributed by atoms with Crippen LogP contribution in [-0.4, -0.2) is 37.6 Å². The number of esters is 1. The molecule has 1 heterocycles. The number of hydrogen-bond acceptors (Lipinski definition) is 6. The molecule has 0 aliphatic carbocycles. The third-order valence-electron chi connectivity index (χ3n) is 3.91. The van der Waals surface area contributed by atoms with Crippen LogP contribution in [-0.2, 0) is 20.7 Å². The number of hydrogen-bond donors (Lipinski definition) is 1. The number of rotatable bonds is 5. The third-order valence-corrected chi connectivity index (χ3v) is 4.15. The number of amides is 2. The van der Waals surface area contributed by atoms with Gasteiger partial charge in [-0.15, -0.1) is 0 Å². The number of nitrogens with one attached hydrogen (secondary N) is 1. The van der Waals surface area contributed by atoms with E-state index >= 15 is 0 Å². The Bertz CT molecular complexity index is 898. The first-order valence-electron chi connectivity index (χ1n) is 8.07. The SMILES string of the molecule is COc1ccccc1C(=O)NC(=O)COC(=O)C1Cc2cc(Cl)ccc2O1. The maximum atomic E-state index is 12.1. The highest BCUT2D eigenvalue weighted by atomic mass is 35.5. The summed E-state index contributed by atoms with van der Waals surface area (Å²) in [5, 5.41) is 2.69. The summed E-state index contributed by atoms with van der Waals surface area (Å²) in [4.78, 5) is 36.1. The van der Waals surface area contributed by atoms with Crippen molar-refractivity contribution in [1.82, 2.24) is 5.32 Å². The molecule has 1 aliphatic rings. The minimum atomic E-state index is -0.851. The molecule has 0 bridgehead atoms. The predicted molar refractivity (Wildman–Crippen MR) is 96.0 cm³/mol. The van der Waals surface area contributed by atoms with Gasteiger partial charge in [-0.05, 0) is 35.9 Å². The van der Waals surface area contributed by atoms with Crippen molar-refractivity contribution in [2.75, 3.05) is 13.7 Å². The highest BCUT2D eigenvalue weighted by molar-refractivity contribution is 6.30. The number of ether oxygens (including phenoxy) is 3. The summed E-state index contributed by atoms with van der Waals surface area (Å²) in [5.74, 6) is -1.21. The Hall–Kier alpha value is -3.06. The van der Waals surface area contributed by atoms with E-state index in [-0.39, 0.29) is 5.56 Å². The van der Waals surface area contributed by atoms with Gasteiger partial charge in [0.05, 0.1) is 12.7 Å². The van der Waals surface area contributed by atoms with Gasteiger partial charge in [-0.1, -0.05) is 23.7 Å². The van der Waals surface area contributed by atoms with Crippen LogP contribution in [0.1, 0.15) is 15.9 Å². The van der Waals surface area contributed by atoms with Gasteiger partial charge in [0.2, 0.25) is 0 Å². The van der Waals surface area contributed by atoms with Gasteiger partial charge >= 0.3 is 5.97 Å². The standard InChI is InChI=1S/C19H16ClNO6/c1-25-15-5-3-2-4-13(15)18(23)21-17(22)10-26-19(24)16-9-11-8-12(20)6-7-14(11)27-16/h2-8,16H,9-10H2,1H3,(H,21,22,23). The van der Waals surface area contributed by atoms with Crippen LogP contribution in [0.5, 0.6) is 11.5 Å². The first-order chi connectivity index (χ1) is 13.0. The zero-order valence-electron chi connectivity index (χ0n) is 14.4. The van der Waals surface area contributed by atoms with Crippen LogP contribution in [0, 0.1) is 0 Å². The lowest BCUT2D eigenvalue weighted by molar-refractivity contribution is -0.154. The maximum absolute atomic E-state index is 12.1. The lowest BCUT2D eigenvalue weighted by atomic mass is 10.1. The van der Waals surface area contributed by atoms with Gasteiger partial charge in [-0.3, -0.25) is 14.9 Å². The lowest BCUT2D eigenvalue weighted by Crippen LogP contribution is -2.36. The van der Waals surface area contributed by atoms with Gasteiger partial charge in [0.15, 0.2) is 12.7 Å². The molecule has 2 aromatic carbocycles. The van der Waals surface area contributed by atoms with Crippen molar-refractivity contribution in [3.05, 3.63) is 58.6 Å². The van der Waals surface area contributed by atoms with Crippen LogP contribution in [0.2, 0.25) is 5.02 Å². The number of benzene rings is 2. The smallest absolute Gasteiger partial charge is 0.348 e. The van der Waals surface area contributed by atoms with Crippen molar-refractivity contribution in [1.29, 1.82) is 0 Å². The van der Waals surface area contributed by atoms with E-state index in [1.807, 2.05) is 0 Å². The summed E-state index contributed by atoms with van der Waals surface area (Å²) < 4.78 is 15.5. The minimum absolute atomic E-state index is 0.200. The fraction of sp³-hybridized carbons (Fsp3) is 0.211. The molecule has 1 aliphatic heterocycles. The molecular weight excluding hydrogens is 374 g/mol. The first-order valence-corrected chi connectivity index (χ1v) is 8.44. The molecule has 1 atom stereocenters. The molecule has 2 amide bonds.